The van der Waals surface area contributed by atoms with Gasteiger partial charge in [-0.3, -0.25) is 9.59 Å². The number of fused-ring (bicyclic) bond motifs is 1. The summed E-state index contributed by atoms with van der Waals surface area (Å²) < 4.78 is 27.8. The van der Waals surface area contributed by atoms with E-state index in [0.29, 0.717) is 18.5 Å². The van der Waals surface area contributed by atoms with Crippen molar-refractivity contribution in [2.24, 2.45) is 4.40 Å². The van der Waals surface area contributed by atoms with Crippen molar-refractivity contribution in [1.82, 2.24) is 9.80 Å². The first-order valence-electron chi connectivity index (χ1n) is 7.41. The van der Waals surface area contributed by atoms with Gasteiger partial charge in [-0.15, -0.1) is 4.40 Å². The normalized spacial score (nSPS) is 14.7. The predicted molar refractivity (Wildman–Crippen MR) is 87.3 cm³/mol. The number of hydrogen-bond acceptors (Lipinski definition) is 5. The fourth-order valence-electron chi connectivity index (χ4n) is 2.47. The Morgan fingerprint density at radius 3 is 2.50 bits per heavy atom. The highest BCUT2D eigenvalue weighted by Crippen LogP contribution is 2.26. The van der Waals surface area contributed by atoms with Crippen LogP contribution in [-0.4, -0.2) is 67.7 Å². The molecule has 0 radical (unpaired) electrons. The fraction of sp³-hybridized carbons (Fsp3) is 0.400. The van der Waals surface area contributed by atoms with Gasteiger partial charge < -0.3 is 14.9 Å². The summed E-state index contributed by atoms with van der Waals surface area (Å²) in [5.74, 6) is -1.30. The van der Waals surface area contributed by atoms with Crippen molar-refractivity contribution in [3.8, 4) is 0 Å². The lowest BCUT2D eigenvalue weighted by molar-refractivity contribution is -0.144. The summed E-state index contributed by atoms with van der Waals surface area (Å²) in [6, 6.07) is 6.39. The minimum atomic E-state index is -3.76. The first kappa shape index (κ1) is 17.9. The number of amides is 1. The summed E-state index contributed by atoms with van der Waals surface area (Å²) in [4.78, 5) is 26.0. The van der Waals surface area contributed by atoms with E-state index in [0.717, 1.165) is 0 Å². The summed E-state index contributed by atoms with van der Waals surface area (Å²) >= 11 is 0. The van der Waals surface area contributed by atoms with Crippen molar-refractivity contribution >= 4 is 27.7 Å². The lowest BCUT2D eigenvalue weighted by Gasteiger charge is -2.24. The number of sulfonamides is 1. The van der Waals surface area contributed by atoms with E-state index in [1.54, 1.807) is 25.2 Å². The van der Waals surface area contributed by atoms with Crippen LogP contribution in [0.3, 0.4) is 0 Å². The molecule has 0 aliphatic carbocycles. The molecule has 0 atom stereocenters. The summed E-state index contributed by atoms with van der Waals surface area (Å²) in [5, 5.41) is 8.89. The standard InChI is InChI=1S/C15H19N3O5S/c1-3-8-18(10-14(20)21)13(19)9-17(2)15-11-6-4-5-7-12(11)24(22,23)16-15/h4-7H,3,8-10H2,1-2H3,(H,20,21). The smallest absolute Gasteiger partial charge is 0.323 e. The molecule has 1 heterocycles. The van der Waals surface area contributed by atoms with Crippen molar-refractivity contribution in [1.29, 1.82) is 0 Å². The zero-order valence-electron chi connectivity index (χ0n) is 13.5. The second-order valence-electron chi connectivity index (χ2n) is 5.45. The Kier molecular flexibility index (Phi) is 5.23. The minimum Gasteiger partial charge on any atom is -0.480 e. The molecule has 1 aromatic carbocycles. The van der Waals surface area contributed by atoms with Gasteiger partial charge >= 0.3 is 5.97 Å². The van der Waals surface area contributed by atoms with Crippen LogP contribution in [0.2, 0.25) is 0 Å². The number of carbonyl (C=O) groups excluding carboxylic acids is 1. The highest BCUT2D eigenvalue weighted by molar-refractivity contribution is 7.90. The monoisotopic (exact) mass is 353 g/mol. The van der Waals surface area contributed by atoms with E-state index < -0.39 is 21.9 Å². The molecule has 1 amide bonds. The minimum absolute atomic E-state index is 0.107. The molecule has 0 unspecified atom stereocenters. The van der Waals surface area contributed by atoms with Crippen LogP contribution in [-0.2, 0) is 19.6 Å². The van der Waals surface area contributed by atoms with E-state index in [9.17, 15) is 18.0 Å². The second kappa shape index (κ2) is 7.00. The third kappa shape index (κ3) is 3.73. The van der Waals surface area contributed by atoms with Crippen LogP contribution < -0.4 is 0 Å². The number of hydrogen-bond donors (Lipinski definition) is 1. The Balaban J connectivity index is 2.19. The van der Waals surface area contributed by atoms with Crippen LogP contribution in [0.25, 0.3) is 0 Å². The van der Waals surface area contributed by atoms with Gasteiger partial charge in [-0.25, -0.2) is 0 Å². The Hall–Kier alpha value is -2.42. The highest BCUT2D eigenvalue weighted by Gasteiger charge is 2.31. The molecule has 8 nitrogen and oxygen atoms in total. The lowest BCUT2D eigenvalue weighted by atomic mass is 10.2. The van der Waals surface area contributed by atoms with Gasteiger partial charge in [0.1, 0.15) is 11.4 Å². The molecular formula is C15H19N3O5S. The maximum absolute atomic E-state index is 12.3. The quantitative estimate of drug-likeness (QED) is 0.793. The maximum atomic E-state index is 12.3. The molecule has 9 heteroatoms. The van der Waals surface area contributed by atoms with Gasteiger partial charge in [-0.05, 0) is 18.6 Å². The summed E-state index contributed by atoms with van der Waals surface area (Å²) in [6.07, 6.45) is 0.626. The average Bonchev–Trinajstić information content (AvgIpc) is 2.79. The van der Waals surface area contributed by atoms with E-state index in [2.05, 4.69) is 4.40 Å². The zero-order chi connectivity index (χ0) is 17.9. The number of benzene rings is 1. The third-order valence-corrected chi connectivity index (χ3v) is 4.84. The molecule has 1 aliphatic rings. The summed E-state index contributed by atoms with van der Waals surface area (Å²) in [5.41, 5.74) is 0.438. The van der Waals surface area contributed by atoms with Gasteiger partial charge in [0, 0.05) is 19.2 Å². The summed E-state index contributed by atoms with van der Waals surface area (Å²) in [7, 11) is -2.20. The van der Waals surface area contributed by atoms with Gasteiger partial charge in [0.15, 0.2) is 5.84 Å². The van der Waals surface area contributed by atoms with Gasteiger partial charge in [0.25, 0.3) is 10.0 Å². The Morgan fingerprint density at radius 1 is 1.21 bits per heavy atom. The van der Waals surface area contributed by atoms with Crippen molar-refractivity contribution in [3.05, 3.63) is 29.8 Å². The van der Waals surface area contributed by atoms with E-state index in [1.807, 2.05) is 6.92 Å². The van der Waals surface area contributed by atoms with Crippen LogP contribution in [0.1, 0.15) is 18.9 Å². The van der Waals surface area contributed by atoms with E-state index >= 15 is 0 Å². The number of aliphatic carboxylic acids is 1. The molecule has 1 aromatic rings. The summed E-state index contributed by atoms with van der Waals surface area (Å²) in [6.45, 7) is 1.62. The molecule has 2 rings (SSSR count). The number of nitrogens with zero attached hydrogens (tertiary/aromatic N) is 3. The molecule has 130 valence electrons. The van der Waals surface area contributed by atoms with Crippen LogP contribution in [0.5, 0.6) is 0 Å². The average molecular weight is 353 g/mol. The first-order valence-corrected chi connectivity index (χ1v) is 8.85. The molecule has 24 heavy (non-hydrogen) atoms. The van der Waals surface area contributed by atoms with Crippen molar-refractivity contribution in [3.63, 3.8) is 0 Å². The molecule has 1 aliphatic heterocycles. The SMILES string of the molecule is CCCN(CC(=O)O)C(=O)CN(C)C1=NS(=O)(=O)c2ccccc21. The van der Waals surface area contributed by atoms with Gasteiger partial charge in [-0.1, -0.05) is 19.1 Å². The Morgan fingerprint density at radius 2 is 1.88 bits per heavy atom. The first-order chi connectivity index (χ1) is 11.3. The molecule has 0 spiro atoms. The Bertz CT molecular complexity index is 788. The molecular weight excluding hydrogens is 334 g/mol. The highest BCUT2D eigenvalue weighted by atomic mass is 32.2. The fourth-order valence-corrected chi connectivity index (χ4v) is 3.72. The van der Waals surface area contributed by atoms with Crippen LogP contribution in [0, 0.1) is 0 Å². The number of carboxylic acids is 1. The maximum Gasteiger partial charge on any atom is 0.323 e. The Labute approximate surface area is 140 Å². The van der Waals surface area contributed by atoms with Crippen LogP contribution in [0.15, 0.2) is 33.6 Å². The number of rotatable bonds is 6. The van der Waals surface area contributed by atoms with Crippen molar-refractivity contribution < 1.29 is 23.1 Å². The van der Waals surface area contributed by atoms with Crippen molar-refractivity contribution in [2.75, 3.05) is 26.7 Å². The lowest BCUT2D eigenvalue weighted by Crippen LogP contribution is -2.43. The van der Waals surface area contributed by atoms with Crippen molar-refractivity contribution in [2.45, 2.75) is 18.2 Å². The van der Waals surface area contributed by atoms with E-state index in [-0.39, 0.29) is 23.8 Å². The largest absolute Gasteiger partial charge is 0.480 e. The number of likely N-dealkylation sites (N-methyl/N-ethyl adjacent to an activating group) is 1. The second-order valence-corrected chi connectivity index (χ2v) is 7.02. The van der Waals surface area contributed by atoms with Gasteiger partial charge in [0.2, 0.25) is 5.91 Å². The number of carboxylic acid groups (broad SMARTS) is 1. The molecule has 0 saturated heterocycles. The third-order valence-electron chi connectivity index (χ3n) is 3.52. The van der Waals surface area contributed by atoms with Gasteiger partial charge in [-0.2, -0.15) is 8.42 Å². The molecule has 0 aromatic heterocycles. The van der Waals surface area contributed by atoms with E-state index in [1.165, 1.54) is 15.9 Å². The van der Waals surface area contributed by atoms with Crippen LogP contribution in [0.4, 0.5) is 0 Å². The molecule has 1 N–H and O–H groups in total. The molecule has 0 saturated carbocycles. The number of carbonyl (C=O) groups is 2. The van der Waals surface area contributed by atoms with E-state index in [4.69, 9.17) is 5.11 Å². The molecule has 0 bridgehead atoms. The zero-order valence-corrected chi connectivity index (χ0v) is 14.3. The van der Waals surface area contributed by atoms with Gasteiger partial charge in [0.05, 0.1) is 6.54 Å². The van der Waals surface area contributed by atoms with Crippen LogP contribution >= 0.6 is 0 Å². The number of amidine groups is 1. The topological polar surface area (TPSA) is 107 Å². The molecule has 0 fully saturated rings. The predicted octanol–water partition coefficient (Wildman–Crippen LogP) is 0.391.